The van der Waals surface area contributed by atoms with Crippen molar-refractivity contribution in [1.82, 2.24) is 19.1 Å². The van der Waals surface area contributed by atoms with E-state index in [0.29, 0.717) is 17.7 Å². The number of imidazole rings is 1. The van der Waals surface area contributed by atoms with Gasteiger partial charge in [0, 0.05) is 30.4 Å². The molecule has 0 aromatic carbocycles. The Bertz CT molecular complexity index is 1140. The van der Waals surface area contributed by atoms with E-state index >= 15 is 0 Å². The summed E-state index contributed by atoms with van der Waals surface area (Å²) in [5.41, 5.74) is 4.46. The Kier molecular flexibility index (Phi) is 1.42. The summed E-state index contributed by atoms with van der Waals surface area (Å²) in [5.74, 6) is 0.979. The van der Waals surface area contributed by atoms with Gasteiger partial charge in [-0.2, -0.15) is 0 Å². The Balaban J connectivity index is 2.02. The van der Waals surface area contributed by atoms with E-state index in [4.69, 9.17) is 4.11 Å². The van der Waals surface area contributed by atoms with Crippen molar-refractivity contribution >= 4 is 22.1 Å². The third-order valence-corrected chi connectivity index (χ3v) is 4.36. The van der Waals surface area contributed by atoms with Gasteiger partial charge in [-0.3, -0.25) is 19.1 Å². The molecule has 0 aliphatic carbocycles. The molecule has 0 spiro atoms. The Morgan fingerprint density at radius 1 is 1.19 bits per heavy atom. The predicted octanol–water partition coefficient (Wildman–Crippen LogP) is 1.78. The third kappa shape index (κ3) is 1.15. The summed E-state index contributed by atoms with van der Waals surface area (Å²) in [5, 5.41) is 0.846. The highest BCUT2D eigenvalue weighted by atomic mass is 15.2. The Morgan fingerprint density at radius 2 is 2.05 bits per heavy atom. The maximum absolute atomic E-state index is 8.03. The topological polar surface area (TPSA) is 39.5 Å². The van der Waals surface area contributed by atoms with Crippen molar-refractivity contribution in [2.75, 3.05) is 0 Å². The van der Waals surface area contributed by atoms with Crippen molar-refractivity contribution < 1.29 is 8.68 Å². The van der Waals surface area contributed by atoms with Crippen LogP contribution in [0.2, 0.25) is 0 Å². The van der Waals surface area contributed by atoms with Gasteiger partial charge in [-0.15, -0.1) is 0 Å². The molecule has 0 saturated heterocycles. The van der Waals surface area contributed by atoms with Gasteiger partial charge in [-0.25, -0.2) is 4.57 Å². The maximum atomic E-state index is 8.03. The highest BCUT2D eigenvalue weighted by Crippen LogP contribution is 2.34. The van der Waals surface area contributed by atoms with Gasteiger partial charge in [0.2, 0.25) is 5.82 Å². The average Bonchev–Trinajstić information content (AvgIpc) is 3.16. The second-order valence-electron chi connectivity index (χ2n) is 5.40. The lowest BCUT2D eigenvalue weighted by Gasteiger charge is -1.97. The standard InChI is InChI=1S/C16H14N5/c1-19-13-4-6-18-8-12(13)14-16(19)21-9-10-3-5-17-7-11(10)15(21)20(14)2/h3-8H,9H2,1-2H3/q+1/i1D3. The normalized spacial score (nSPS) is 15.8. The number of nitrogens with zero attached hydrogens (tertiary/aromatic N) is 5. The van der Waals surface area contributed by atoms with Crippen LogP contribution in [0.5, 0.6) is 0 Å². The van der Waals surface area contributed by atoms with Crippen LogP contribution in [0.15, 0.2) is 36.9 Å². The van der Waals surface area contributed by atoms with Crippen molar-refractivity contribution in [2.45, 2.75) is 6.54 Å². The van der Waals surface area contributed by atoms with Crippen LogP contribution in [0.3, 0.4) is 0 Å². The van der Waals surface area contributed by atoms with Gasteiger partial charge in [-0.05, 0) is 12.1 Å². The first-order valence-corrected chi connectivity index (χ1v) is 6.79. The Hall–Kier alpha value is -2.69. The first-order valence-electron chi connectivity index (χ1n) is 8.29. The summed E-state index contributed by atoms with van der Waals surface area (Å²) >= 11 is 0. The molecule has 0 saturated carbocycles. The summed E-state index contributed by atoms with van der Waals surface area (Å²) in [7, 11) is 1.96. The van der Waals surface area contributed by atoms with E-state index in [2.05, 4.69) is 19.1 Å². The minimum absolute atomic E-state index is 0.643. The number of aryl methyl sites for hydroxylation is 2. The van der Waals surface area contributed by atoms with Gasteiger partial charge >= 0.3 is 0 Å². The molecule has 21 heavy (non-hydrogen) atoms. The lowest BCUT2D eigenvalue weighted by Crippen LogP contribution is -2.33. The molecule has 0 bridgehead atoms. The number of hydrogen-bond acceptors (Lipinski definition) is 2. The molecule has 102 valence electrons. The first-order chi connectivity index (χ1) is 11.5. The van der Waals surface area contributed by atoms with E-state index in [9.17, 15) is 0 Å². The van der Waals surface area contributed by atoms with E-state index in [0.717, 1.165) is 27.9 Å². The summed E-state index contributed by atoms with van der Waals surface area (Å²) in [4.78, 5) is 8.42. The maximum Gasteiger partial charge on any atom is 0.269 e. The van der Waals surface area contributed by atoms with E-state index in [1.807, 2.05) is 19.3 Å². The molecule has 5 nitrogen and oxygen atoms in total. The molecule has 4 aromatic heterocycles. The van der Waals surface area contributed by atoms with Crippen LogP contribution in [-0.2, 0) is 20.6 Å². The summed E-state index contributed by atoms with van der Waals surface area (Å²) in [6.07, 6.45) is 6.98. The van der Waals surface area contributed by atoms with Crippen molar-refractivity contribution in [3.63, 3.8) is 0 Å². The molecule has 1 aliphatic rings. The number of pyridine rings is 2. The Labute approximate surface area is 125 Å². The average molecular weight is 279 g/mol. The van der Waals surface area contributed by atoms with Crippen LogP contribution in [-0.4, -0.2) is 19.1 Å². The van der Waals surface area contributed by atoms with Crippen LogP contribution in [0.25, 0.3) is 33.5 Å². The summed E-state index contributed by atoms with van der Waals surface area (Å²) in [6.45, 7) is -1.62. The number of hydrogen-bond donors (Lipinski definition) is 0. The fourth-order valence-electron chi connectivity index (χ4n) is 3.48. The number of rotatable bonds is 0. The van der Waals surface area contributed by atoms with Gasteiger partial charge in [0.1, 0.15) is 5.52 Å². The van der Waals surface area contributed by atoms with Crippen LogP contribution < -0.4 is 4.57 Å². The zero-order valence-corrected chi connectivity index (χ0v) is 11.4. The largest absolute Gasteiger partial charge is 0.269 e. The molecule has 1 aliphatic heterocycles. The zero-order valence-electron chi connectivity index (χ0n) is 14.4. The number of fused-ring (bicyclic) bond motifs is 7. The quantitative estimate of drug-likeness (QED) is 0.405. The zero-order chi connectivity index (χ0) is 16.6. The molecule has 5 heterocycles. The molecule has 5 rings (SSSR count). The van der Waals surface area contributed by atoms with Crippen molar-refractivity contribution in [2.24, 2.45) is 14.0 Å². The molecule has 0 radical (unpaired) electrons. The lowest BCUT2D eigenvalue weighted by atomic mass is 10.2. The molecule has 0 atom stereocenters. The van der Waals surface area contributed by atoms with E-state index in [1.165, 1.54) is 4.57 Å². The van der Waals surface area contributed by atoms with Crippen molar-refractivity contribution in [3.05, 3.63) is 42.5 Å². The highest BCUT2D eigenvalue weighted by Gasteiger charge is 2.34. The second-order valence-corrected chi connectivity index (χ2v) is 5.40. The lowest BCUT2D eigenvalue weighted by molar-refractivity contribution is -0.648. The molecule has 0 amide bonds. The van der Waals surface area contributed by atoms with Crippen LogP contribution in [0.4, 0.5) is 0 Å². The van der Waals surface area contributed by atoms with Crippen molar-refractivity contribution in [3.8, 4) is 11.4 Å². The Morgan fingerprint density at radius 3 is 2.95 bits per heavy atom. The molecule has 0 unspecified atom stereocenters. The van der Waals surface area contributed by atoms with Crippen LogP contribution >= 0.6 is 0 Å². The molecule has 0 fully saturated rings. The monoisotopic (exact) mass is 279 g/mol. The van der Waals surface area contributed by atoms with E-state index in [-0.39, 0.29) is 0 Å². The van der Waals surface area contributed by atoms with Crippen LogP contribution in [0.1, 0.15) is 9.68 Å². The second kappa shape index (κ2) is 3.49. The summed E-state index contributed by atoms with van der Waals surface area (Å²) < 4.78 is 29.6. The van der Waals surface area contributed by atoms with Crippen molar-refractivity contribution in [1.29, 1.82) is 0 Å². The summed E-state index contributed by atoms with van der Waals surface area (Å²) in [6, 6.07) is 3.75. The number of aromatic nitrogens is 5. The van der Waals surface area contributed by atoms with Gasteiger partial charge in [0.05, 0.1) is 35.6 Å². The van der Waals surface area contributed by atoms with E-state index in [1.54, 1.807) is 24.7 Å². The van der Waals surface area contributed by atoms with Gasteiger partial charge < -0.3 is 0 Å². The molecule has 4 aromatic rings. The minimum atomic E-state index is -2.27. The molecule has 5 heteroatoms. The van der Waals surface area contributed by atoms with Crippen LogP contribution in [0, 0.1) is 0 Å². The molecular formula is C16H14N5+. The highest BCUT2D eigenvalue weighted by molar-refractivity contribution is 6.04. The fraction of sp³-hybridized carbons (Fsp3) is 0.188. The minimum Gasteiger partial charge on any atom is -0.264 e. The fourth-order valence-corrected chi connectivity index (χ4v) is 3.48. The third-order valence-electron chi connectivity index (χ3n) is 4.36. The van der Waals surface area contributed by atoms with Gasteiger partial charge in [0.25, 0.3) is 5.65 Å². The molecular weight excluding hydrogens is 262 g/mol. The first kappa shape index (κ1) is 8.56. The van der Waals surface area contributed by atoms with E-state index < -0.39 is 6.98 Å². The van der Waals surface area contributed by atoms with Gasteiger partial charge in [-0.1, -0.05) is 0 Å². The SMILES string of the molecule is [2H]C([2H])([2H])n1c2ccncc2c2c1[n+]1c(n2C)-c2cnccc2C1. The predicted molar refractivity (Wildman–Crippen MR) is 79.7 cm³/mol. The smallest absolute Gasteiger partial charge is 0.264 e. The molecule has 0 N–H and O–H groups in total. The van der Waals surface area contributed by atoms with Gasteiger partial charge in [0.15, 0.2) is 5.52 Å².